The molecule has 140 valence electrons. The number of para-hydroxylation sites is 1. The number of carbonyl (C=O) groups is 2. The van der Waals surface area contributed by atoms with E-state index in [1.54, 1.807) is 24.3 Å². The van der Waals surface area contributed by atoms with Crippen LogP contribution in [0.25, 0.3) is 0 Å². The zero-order valence-corrected chi connectivity index (χ0v) is 15.1. The lowest BCUT2D eigenvalue weighted by atomic mass is 10.1. The van der Waals surface area contributed by atoms with E-state index >= 15 is 0 Å². The van der Waals surface area contributed by atoms with Crippen LogP contribution >= 0.6 is 11.6 Å². The number of amides is 2. The van der Waals surface area contributed by atoms with Crippen LogP contribution in [-0.2, 0) is 9.59 Å². The molecule has 1 atom stereocenters. The van der Waals surface area contributed by atoms with Crippen LogP contribution in [-0.4, -0.2) is 30.4 Å². The summed E-state index contributed by atoms with van der Waals surface area (Å²) in [6, 6.07) is 10.8. The van der Waals surface area contributed by atoms with Crippen LogP contribution < -0.4 is 15.0 Å². The van der Waals surface area contributed by atoms with Gasteiger partial charge >= 0.3 is 0 Å². The van der Waals surface area contributed by atoms with E-state index in [1.807, 2.05) is 0 Å². The Kier molecular flexibility index (Phi) is 5.27. The lowest BCUT2D eigenvalue weighted by Gasteiger charge is -2.19. The number of nitrogens with zero attached hydrogens (tertiary/aromatic N) is 2. The Hall–Kier alpha value is -3.13. The molecule has 0 radical (unpaired) electrons. The molecule has 0 aliphatic carbocycles. The summed E-state index contributed by atoms with van der Waals surface area (Å²) in [5.41, 5.74) is 0.722. The fraction of sp³-hybridized carbons (Fsp3) is 0.222. The second-order valence-corrected chi connectivity index (χ2v) is 6.39. The number of methoxy groups -OCH3 is 1. The van der Waals surface area contributed by atoms with Crippen LogP contribution in [0.3, 0.4) is 0 Å². The van der Waals surface area contributed by atoms with Crippen LogP contribution in [0, 0.1) is 16.0 Å². The molecule has 1 aliphatic rings. The third-order valence-corrected chi connectivity index (χ3v) is 4.62. The minimum Gasteiger partial charge on any atom is -0.494 e. The van der Waals surface area contributed by atoms with Gasteiger partial charge in [0.25, 0.3) is 5.69 Å². The van der Waals surface area contributed by atoms with Crippen molar-refractivity contribution < 1.29 is 19.2 Å². The minimum atomic E-state index is -0.575. The molecule has 3 rings (SSSR count). The highest BCUT2D eigenvalue weighted by Gasteiger charge is 2.36. The Morgan fingerprint density at radius 1 is 1.33 bits per heavy atom. The second kappa shape index (κ2) is 7.63. The van der Waals surface area contributed by atoms with Crippen LogP contribution in [0.1, 0.15) is 6.42 Å². The standard InChI is InChI=1S/C18H16ClN3O5/c1-27-16-9-12(22(25)26)6-7-15(16)21-10-11(8-17(21)23)18(24)20-14-5-3-2-4-13(14)19/h2-7,9,11H,8,10H2,1H3,(H,20,24)/t11-/m0/s1. The van der Waals surface area contributed by atoms with Crippen molar-refractivity contribution in [2.45, 2.75) is 6.42 Å². The summed E-state index contributed by atoms with van der Waals surface area (Å²) in [4.78, 5) is 36.7. The fourth-order valence-electron chi connectivity index (χ4n) is 2.92. The van der Waals surface area contributed by atoms with Crippen molar-refractivity contribution >= 4 is 40.5 Å². The molecule has 1 heterocycles. The van der Waals surface area contributed by atoms with Crippen molar-refractivity contribution in [1.29, 1.82) is 0 Å². The van der Waals surface area contributed by atoms with Gasteiger partial charge in [-0.1, -0.05) is 23.7 Å². The molecule has 2 aromatic rings. The number of halogens is 1. The predicted molar refractivity (Wildman–Crippen MR) is 100 cm³/mol. The van der Waals surface area contributed by atoms with Gasteiger partial charge in [-0.3, -0.25) is 19.7 Å². The first-order valence-electron chi connectivity index (χ1n) is 8.09. The first-order valence-corrected chi connectivity index (χ1v) is 8.46. The lowest BCUT2D eigenvalue weighted by molar-refractivity contribution is -0.384. The average Bonchev–Trinajstić information content (AvgIpc) is 3.04. The maximum absolute atomic E-state index is 12.5. The third-order valence-electron chi connectivity index (χ3n) is 4.29. The van der Waals surface area contributed by atoms with E-state index in [-0.39, 0.29) is 36.2 Å². The Bertz CT molecular complexity index is 918. The van der Waals surface area contributed by atoms with Crippen molar-refractivity contribution in [2.75, 3.05) is 23.9 Å². The van der Waals surface area contributed by atoms with Crippen LogP contribution in [0.15, 0.2) is 42.5 Å². The summed E-state index contributed by atoms with van der Waals surface area (Å²) in [6.07, 6.45) is 0.0242. The van der Waals surface area contributed by atoms with Crippen molar-refractivity contribution in [3.63, 3.8) is 0 Å². The predicted octanol–water partition coefficient (Wildman–Crippen LogP) is 3.25. The van der Waals surface area contributed by atoms with Crippen molar-refractivity contribution in [3.8, 4) is 5.75 Å². The zero-order chi connectivity index (χ0) is 19.6. The molecule has 8 nitrogen and oxygen atoms in total. The Morgan fingerprint density at radius 3 is 2.74 bits per heavy atom. The van der Waals surface area contributed by atoms with E-state index in [4.69, 9.17) is 16.3 Å². The van der Waals surface area contributed by atoms with Crippen molar-refractivity contribution in [2.24, 2.45) is 5.92 Å². The Labute approximate surface area is 159 Å². The van der Waals surface area contributed by atoms with E-state index in [1.165, 1.54) is 30.2 Å². The minimum absolute atomic E-state index is 0.0242. The summed E-state index contributed by atoms with van der Waals surface area (Å²) >= 11 is 6.04. The number of ether oxygens (including phenoxy) is 1. The van der Waals surface area contributed by atoms with Crippen LogP contribution in [0.2, 0.25) is 5.02 Å². The number of rotatable bonds is 5. The van der Waals surface area contributed by atoms with Gasteiger partial charge < -0.3 is 15.0 Å². The molecule has 1 aliphatic heterocycles. The molecule has 1 fully saturated rings. The third kappa shape index (κ3) is 3.85. The number of benzene rings is 2. The van der Waals surface area contributed by atoms with Gasteiger partial charge in [0.05, 0.1) is 40.4 Å². The molecule has 0 spiro atoms. The molecular formula is C18H16ClN3O5. The number of nitro benzene ring substituents is 1. The van der Waals surface area contributed by atoms with Crippen molar-refractivity contribution in [1.82, 2.24) is 0 Å². The maximum Gasteiger partial charge on any atom is 0.273 e. The SMILES string of the molecule is COc1cc([N+](=O)[O-])ccc1N1C[C@@H](C(=O)Nc2ccccc2Cl)CC1=O. The summed E-state index contributed by atoms with van der Waals surface area (Å²) < 4.78 is 5.19. The highest BCUT2D eigenvalue weighted by atomic mass is 35.5. The normalized spacial score (nSPS) is 16.3. The van der Waals surface area contributed by atoms with Gasteiger partial charge in [-0.25, -0.2) is 0 Å². The largest absolute Gasteiger partial charge is 0.494 e. The maximum atomic E-state index is 12.5. The number of anilines is 2. The zero-order valence-electron chi connectivity index (χ0n) is 14.3. The van der Waals surface area contributed by atoms with Crippen molar-refractivity contribution in [3.05, 3.63) is 57.6 Å². The Balaban J connectivity index is 1.78. The van der Waals surface area contributed by atoms with Crippen LogP contribution in [0.5, 0.6) is 5.75 Å². The highest BCUT2D eigenvalue weighted by molar-refractivity contribution is 6.33. The van der Waals surface area contributed by atoms with E-state index in [0.717, 1.165) is 0 Å². The molecule has 9 heteroatoms. The van der Waals surface area contributed by atoms with E-state index in [2.05, 4.69) is 5.32 Å². The van der Waals surface area contributed by atoms with Gasteiger partial charge in [0, 0.05) is 19.0 Å². The summed E-state index contributed by atoms with van der Waals surface area (Å²) in [6.45, 7) is 0.142. The molecule has 2 aromatic carbocycles. The molecule has 0 unspecified atom stereocenters. The van der Waals surface area contributed by atoms with E-state index in [9.17, 15) is 19.7 Å². The number of nitrogens with one attached hydrogen (secondary N) is 1. The fourth-order valence-corrected chi connectivity index (χ4v) is 3.10. The smallest absolute Gasteiger partial charge is 0.273 e. The highest BCUT2D eigenvalue weighted by Crippen LogP contribution is 2.36. The van der Waals surface area contributed by atoms with Gasteiger partial charge in [-0.05, 0) is 18.2 Å². The lowest BCUT2D eigenvalue weighted by Crippen LogP contribution is -2.28. The quantitative estimate of drug-likeness (QED) is 0.624. The van der Waals surface area contributed by atoms with E-state index in [0.29, 0.717) is 16.4 Å². The number of non-ortho nitro benzene ring substituents is 1. The number of nitro groups is 1. The first kappa shape index (κ1) is 18.7. The molecule has 2 amide bonds. The summed E-state index contributed by atoms with van der Waals surface area (Å²) in [5, 5.41) is 14.0. The average molecular weight is 390 g/mol. The molecule has 0 bridgehead atoms. The molecule has 1 N–H and O–H groups in total. The van der Waals surface area contributed by atoms with Crippen LogP contribution in [0.4, 0.5) is 17.1 Å². The molecular weight excluding hydrogens is 374 g/mol. The number of carbonyl (C=O) groups excluding carboxylic acids is 2. The number of hydrogen-bond acceptors (Lipinski definition) is 5. The Morgan fingerprint density at radius 2 is 2.07 bits per heavy atom. The van der Waals surface area contributed by atoms with Gasteiger partial charge in [0.2, 0.25) is 11.8 Å². The molecule has 0 saturated carbocycles. The second-order valence-electron chi connectivity index (χ2n) is 5.99. The number of hydrogen-bond donors (Lipinski definition) is 1. The van der Waals surface area contributed by atoms with Gasteiger partial charge in [0.15, 0.2) is 0 Å². The summed E-state index contributed by atoms with van der Waals surface area (Å²) in [5.74, 6) is -0.959. The van der Waals surface area contributed by atoms with Gasteiger partial charge in [-0.2, -0.15) is 0 Å². The molecule has 1 saturated heterocycles. The monoisotopic (exact) mass is 389 g/mol. The van der Waals surface area contributed by atoms with E-state index < -0.39 is 10.8 Å². The summed E-state index contributed by atoms with van der Waals surface area (Å²) in [7, 11) is 1.37. The first-order chi connectivity index (χ1) is 12.9. The molecule has 27 heavy (non-hydrogen) atoms. The molecule has 0 aromatic heterocycles. The topological polar surface area (TPSA) is 102 Å². The van der Waals surface area contributed by atoms with Gasteiger partial charge in [0.1, 0.15) is 5.75 Å². The van der Waals surface area contributed by atoms with Gasteiger partial charge in [-0.15, -0.1) is 0 Å².